The van der Waals surface area contributed by atoms with Gasteiger partial charge in [0.25, 0.3) is 0 Å². The van der Waals surface area contributed by atoms with E-state index >= 15 is 0 Å². The molecule has 1 aromatic rings. The van der Waals surface area contributed by atoms with Crippen LogP contribution >= 0.6 is 0 Å². The van der Waals surface area contributed by atoms with Crippen molar-refractivity contribution in [2.75, 3.05) is 0 Å². The highest BCUT2D eigenvalue weighted by molar-refractivity contribution is 5.89. The number of carboxylic acid groups (broad SMARTS) is 1. The summed E-state index contributed by atoms with van der Waals surface area (Å²) in [5.41, 5.74) is 2.28. The van der Waals surface area contributed by atoms with E-state index in [-0.39, 0.29) is 5.92 Å². The lowest BCUT2D eigenvalue weighted by Gasteiger charge is -2.13. The van der Waals surface area contributed by atoms with Crippen molar-refractivity contribution in [1.29, 1.82) is 0 Å². The Balaban J connectivity index is 3.17. The molecule has 0 saturated carbocycles. The largest absolute Gasteiger partial charge is 0.478 e. The highest BCUT2D eigenvalue weighted by Crippen LogP contribution is 2.21. The molecule has 0 atom stereocenters. The molecular formula is C12H17NO2. The number of carbonyl (C=O) groups is 1. The van der Waals surface area contributed by atoms with Gasteiger partial charge in [0, 0.05) is 18.4 Å². The molecule has 1 aromatic heterocycles. The van der Waals surface area contributed by atoms with Crippen molar-refractivity contribution < 1.29 is 9.90 Å². The first-order chi connectivity index (χ1) is 6.93. The van der Waals surface area contributed by atoms with Gasteiger partial charge < -0.3 is 9.67 Å². The Labute approximate surface area is 90.0 Å². The summed E-state index contributed by atoms with van der Waals surface area (Å²) in [6.45, 7) is 10.4. The van der Waals surface area contributed by atoms with Gasteiger partial charge in [-0.05, 0) is 18.9 Å². The summed E-state index contributed by atoms with van der Waals surface area (Å²) in [6, 6.07) is 1.65. The van der Waals surface area contributed by atoms with E-state index in [0.29, 0.717) is 12.1 Å². The molecule has 0 aliphatic rings. The van der Waals surface area contributed by atoms with Crippen LogP contribution in [0.3, 0.4) is 0 Å². The maximum atomic E-state index is 11.0. The van der Waals surface area contributed by atoms with E-state index in [4.69, 9.17) is 5.11 Å². The standard InChI is InChI=1S/C12H17NO2/c1-8(2)7-13-6-5-10(12(14)15)11(13)9(3)4/h5-6,9H,1,7H2,2-4H3,(H,14,15). The van der Waals surface area contributed by atoms with Gasteiger partial charge in [0.05, 0.1) is 5.56 Å². The van der Waals surface area contributed by atoms with Crippen molar-refractivity contribution in [3.8, 4) is 0 Å². The van der Waals surface area contributed by atoms with E-state index in [1.54, 1.807) is 6.07 Å². The topological polar surface area (TPSA) is 42.2 Å². The normalized spacial score (nSPS) is 10.7. The van der Waals surface area contributed by atoms with E-state index in [0.717, 1.165) is 11.3 Å². The molecule has 0 spiro atoms. The van der Waals surface area contributed by atoms with Crippen LogP contribution in [0.15, 0.2) is 24.4 Å². The molecule has 0 bridgehead atoms. The quantitative estimate of drug-likeness (QED) is 0.771. The number of carboxylic acids is 1. The molecule has 0 aliphatic carbocycles. The molecule has 0 saturated heterocycles. The maximum absolute atomic E-state index is 11.0. The predicted molar refractivity (Wildman–Crippen MR) is 60.3 cm³/mol. The Morgan fingerprint density at radius 1 is 1.60 bits per heavy atom. The van der Waals surface area contributed by atoms with Gasteiger partial charge in [0.15, 0.2) is 0 Å². The lowest BCUT2D eigenvalue weighted by atomic mass is 10.1. The molecule has 1 N–H and O–H groups in total. The first-order valence-electron chi connectivity index (χ1n) is 5.00. The number of aromatic carboxylic acids is 1. The van der Waals surface area contributed by atoms with Crippen molar-refractivity contribution >= 4 is 5.97 Å². The van der Waals surface area contributed by atoms with Gasteiger partial charge in [-0.1, -0.05) is 26.0 Å². The van der Waals surface area contributed by atoms with Crippen LogP contribution in [0.4, 0.5) is 0 Å². The minimum Gasteiger partial charge on any atom is -0.478 e. The molecule has 3 nitrogen and oxygen atoms in total. The first kappa shape index (κ1) is 11.6. The Bertz CT molecular complexity index is 388. The number of rotatable bonds is 4. The molecule has 82 valence electrons. The van der Waals surface area contributed by atoms with E-state index < -0.39 is 5.97 Å². The summed E-state index contributed by atoms with van der Waals surface area (Å²) in [5.74, 6) is -0.662. The summed E-state index contributed by atoms with van der Waals surface area (Å²) < 4.78 is 1.95. The minimum absolute atomic E-state index is 0.199. The van der Waals surface area contributed by atoms with Gasteiger partial charge >= 0.3 is 5.97 Å². The van der Waals surface area contributed by atoms with Gasteiger partial charge in [-0.2, -0.15) is 0 Å². The zero-order valence-corrected chi connectivity index (χ0v) is 9.45. The second-order valence-electron chi connectivity index (χ2n) is 4.16. The number of nitrogens with zero attached hydrogens (tertiary/aromatic N) is 1. The second kappa shape index (κ2) is 4.34. The van der Waals surface area contributed by atoms with Gasteiger partial charge in [-0.3, -0.25) is 0 Å². The number of hydrogen-bond donors (Lipinski definition) is 1. The highest BCUT2D eigenvalue weighted by Gasteiger charge is 2.17. The number of hydrogen-bond acceptors (Lipinski definition) is 1. The van der Waals surface area contributed by atoms with Gasteiger partial charge in [-0.25, -0.2) is 4.79 Å². The summed E-state index contributed by atoms with van der Waals surface area (Å²) in [7, 11) is 0. The zero-order valence-electron chi connectivity index (χ0n) is 9.45. The van der Waals surface area contributed by atoms with Gasteiger partial charge in [-0.15, -0.1) is 0 Å². The molecule has 0 unspecified atom stereocenters. The molecule has 0 aromatic carbocycles. The fraction of sp³-hybridized carbons (Fsp3) is 0.417. The predicted octanol–water partition coefficient (Wildman–Crippen LogP) is 2.89. The Hall–Kier alpha value is -1.51. The smallest absolute Gasteiger partial charge is 0.337 e. The first-order valence-corrected chi connectivity index (χ1v) is 5.00. The fourth-order valence-corrected chi connectivity index (χ4v) is 1.74. The number of allylic oxidation sites excluding steroid dienone is 1. The molecule has 15 heavy (non-hydrogen) atoms. The Morgan fingerprint density at radius 3 is 2.60 bits per heavy atom. The van der Waals surface area contributed by atoms with E-state index in [9.17, 15) is 4.79 Å². The molecule has 3 heteroatoms. The van der Waals surface area contributed by atoms with Crippen molar-refractivity contribution in [2.45, 2.75) is 33.2 Å². The summed E-state index contributed by atoms with van der Waals surface area (Å²) in [4.78, 5) is 11.0. The second-order valence-corrected chi connectivity index (χ2v) is 4.16. The maximum Gasteiger partial charge on any atom is 0.337 e. The molecular weight excluding hydrogens is 190 g/mol. The minimum atomic E-state index is -0.862. The van der Waals surface area contributed by atoms with Crippen LogP contribution in [0.25, 0.3) is 0 Å². The molecule has 1 heterocycles. The lowest BCUT2D eigenvalue weighted by molar-refractivity contribution is 0.0695. The van der Waals surface area contributed by atoms with Crippen LogP contribution < -0.4 is 0 Å². The Morgan fingerprint density at radius 2 is 2.20 bits per heavy atom. The molecule has 0 amide bonds. The van der Waals surface area contributed by atoms with Crippen molar-refractivity contribution in [3.63, 3.8) is 0 Å². The van der Waals surface area contributed by atoms with Crippen LogP contribution in [-0.2, 0) is 6.54 Å². The van der Waals surface area contributed by atoms with Crippen LogP contribution in [0, 0.1) is 0 Å². The monoisotopic (exact) mass is 207 g/mol. The van der Waals surface area contributed by atoms with E-state index in [2.05, 4.69) is 6.58 Å². The third kappa shape index (κ3) is 2.49. The molecule has 0 radical (unpaired) electrons. The fourth-order valence-electron chi connectivity index (χ4n) is 1.74. The van der Waals surface area contributed by atoms with Gasteiger partial charge in [0.2, 0.25) is 0 Å². The van der Waals surface area contributed by atoms with Crippen LogP contribution in [0.5, 0.6) is 0 Å². The van der Waals surface area contributed by atoms with Crippen LogP contribution in [0.1, 0.15) is 42.7 Å². The van der Waals surface area contributed by atoms with Crippen LogP contribution in [0.2, 0.25) is 0 Å². The molecule has 0 aliphatic heterocycles. The van der Waals surface area contributed by atoms with Crippen molar-refractivity contribution in [2.24, 2.45) is 0 Å². The summed E-state index contributed by atoms with van der Waals surface area (Å²) in [6.07, 6.45) is 1.81. The zero-order chi connectivity index (χ0) is 11.6. The molecule has 1 rings (SSSR count). The molecule has 0 fully saturated rings. The summed E-state index contributed by atoms with van der Waals surface area (Å²) >= 11 is 0. The summed E-state index contributed by atoms with van der Waals surface area (Å²) in [5, 5.41) is 9.03. The third-order valence-electron chi connectivity index (χ3n) is 2.22. The average Bonchev–Trinajstić information content (AvgIpc) is 2.46. The van der Waals surface area contributed by atoms with Crippen molar-refractivity contribution in [1.82, 2.24) is 4.57 Å². The van der Waals surface area contributed by atoms with E-state index in [1.165, 1.54) is 0 Å². The van der Waals surface area contributed by atoms with Gasteiger partial charge in [0.1, 0.15) is 0 Å². The average molecular weight is 207 g/mol. The van der Waals surface area contributed by atoms with Crippen molar-refractivity contribution in [3.05, 3.63) is 35.7 Å². The lowest BCUT2D eigenvalue weighted by Crippen LogP contribution is -2.09. The highest BCUT2D eigenvalue weighted by atomic mass is 16.4. The SMILES string of the molecule is C=C(C)Cn1ccc(C(=O)O)c1C(C)C. The third-order valence-corrected chi connectivity index (χ3v) is 2.22. The Kier molecular flexibility index (Phi) is 3.35. The van der Waals surface area contributed by atoms with Crippen LogP contribution in [-0.4, -0.2) is 15.6 Å². The van der Waals surface area contributed by atoms with E-state index in [1.807, 2.05) is 31.5 Å². The number of aromatic nitrogens is 1.